The molecule has 0 aliphatic rings. The molecule has 0 spiro atoms. The van der Waals surface area contributed by atoms with E-state index >= 15 is 0 Å². The first-order valence-corrected chi connectivity index (χ1v) is 24.3. The number of anilines is 4. The number of azo groups is 3. The Morgan fingerprint density at radius 2 is 1.24 bits per heavy atom. The van der Waals surface area contributed by atoms with Crippen molar-refractivity contribution in [2.24, 2.45) is 30.7 Å². The number of benzene rings is 6. The van der Waals surface area contributed by atoms with Gasteiger partial charge in [0.2, 0.25) is 0 Å². The summed E-state index contributed by atoms with van der Waals surface area (Å²) in [7, 11) is -13.1. The van der Waals surface area contributed by atoms with Gasteiger partial charge in [-0.05, 0) is 115 Å². The zero-order chi connectivity index (χ0) is 48.5. The number of phenols is 1. The minimum Gasteiger partial charge on any atom is -0.505 e. The minimum atomic E-state index is -5.13. The van der Waals surface area contributed by atoms with Gasteiger partial charge in [-0.3, -0.25) is 13.5 Å². The fraction of sp³-hybridized carbons (Fsp3) is 0.0811. The first-order chi connectivity index (χ1) is 31.8. The van der Waals surface area contributed by atoms with E-state index in [9.17, 15) is 34.9 Å². The molecule has 0 saturated heterocycles. The van der Waals surface area contributed by atoms with Gasteiger partial charge in [0.25, 0.3) is 20.1 Å². The van der Waals surface area contributed by atoms with Crippen LogP contribution in [0.25, 0.3) is 10.8 Å². The zero-order valence-electron chi connectivity index (χ0n) is 33.9. The Morgan fingerprint density at radius 1 is 0.672 bits per heavy atom. The van der Waals surface area contributed by atoms with Crippen LogP contribution in [-0.2, 0) is 52.9 Å². The number of nitrogens with zero attached hydrogens (tertiary/aromatic N) is 6. The van der Waals surface area contributed by atoms with Gasteiger partial charge in [-0.1, -0.05) is 10.1 Å². The molecule has 6 aromatic rings. The van der Waals surface area contributed by atoms with Gasteiger partial charge in [0, 0.05) is 11.4 Å². The molecule has 0 aliphatic heterocycles. The Bertz CT molecular complexity index is 3220. The summed E-state index contributed by atoms with van der Waals surface area (Å²) in [5.41, 5.74) is 19.6. The Labute approximate surface area is 388 Å². The van der Waals surface area contributed by atoms with E-state index in [2.05, 4.69) is 54.2 Å². The number of nitrogen functional groups attached to an aromatic ring is 3. The van der Waals surface area contributed by atoms with E-state index in [0.29, 0.717) is 34.8 Å². The van der Waals surface area contributed by atoms with E-state index in [-0.39, 0.29) is 72.8 Å². The predicted molar refractivity (Wildman–Crippen MR) is 244 cm³/mol. The zero-order valence-corrected chi connectivity index (χ0v) is 38.0. The molecule has 0 bridgehead atoms. The molecule has 0 fully saturated rings. The number of aromatic hydroxyl groups is 1. The van der Waals surface area contributed by atoms with Crippen molar-refractivity contribution in [3.8, 4) is 5.75 Å². The average molecular weight is 1020 g/mol. The smallest absolute Gasteiger partial charge is 0.296 e. The maximum atomic E-state index is 13.2. The highest BCUT2D eigenvalue weighted by atomic mass is 32.2. The summed E-state index contributed by atoms with van der Waals surface area (Å²) in [6, 6.07) is 21.3. The molecule has 6 rings (SSSR count). The van der Waals surface area contributed by atoms with Crippen molar-refractivity contribution in [2.75, 3.05) is 34.3 Å². The van der Waals surface area contributed by atoms with Crippen molar-refractivity contribution < 1.29 is 68.4 Å². The van der Waals surface area contributed by atoms with Crippen LogP contribution >= 0.6 is 24.4 Å². The number of nitrogens with two attached hydrogens (primary N) is 3. The van der Waals surface area contributed by atoms with Gasteiger partial charge < -0.3 is 22.3 Å². The van der Waals surface area contributed by atoms with Gasteiger partial charge in [-0.15, -0.1) is 24.0 Å². The molecule has 0 atom stereocenters. The van der Waals surface area contributed by atoms with Crippen molar-refractivity contribution in [2.45, 2.75) is 26.5 Å². The van der Waals surface area contributed by atoms with E-state index in [1.807, 2.05) is 0 Å². The number of sulfonamides is 1. The number of fused-ring (bicyclic) bond motifs is 1. The van der Waals surface area contributed by atoms with Crippen molar-refractivity contribution in [1.82, 2.24) is 0 Å². The van der Waals surface area contributed by atoms with Crippen LogP contribution < -0.4 is 21.9 Å². The van der Waals surface area contributed by atoms with Crippen molar-refractivity contribution in [3.05, 3.63) is 103 Å². The SMILES string of the molecule is Cc1cc(/N=N/c2ccc(NS(=O)(=O)c3ccc(/N=N/c4c(S(=O)(=O)O)cc5cc(SOOO)c(/N=N/c6ccc(S(=O)(=O)CCOSOOO)cc6)c(N)c5c4O)cc3)cc2)c(N)cc1N. The lowest BCUT2D eigenvalue weighted by Crippen LogP contribution is -2.12. The lowest BCUT2D eigenvalue weighted by atomic mass is 10.1. The molecule has 0 radical (unpaired) electrons. The van der Waals surface area contributed by atoms with Crippen LogP contribution in [0.5, 0.6) is 5.75 Å². The van der Waals surface area contributed by atoms with Crippen LogP contribution in [-0.4, -0.2) is 57.8 Å². The number of phenolic OH excluding ortho intramolecular Hbond substituents is 1. The van der Waals surface area contributed by atoms with E-state index in [0.717, 1.165) is 11.6 Å². The first kappa shape index (κ1) is 50.0. The average Bonchev–Trinajstić information content (AvgIpc) is 3.28. The highest BCUT2D eigenvalue weighted by Gasteiger charge is 2.26. The second-order valence-electron chi connectivity index (χ2n) is 13.4. The second kappa shape index (κ2) is 21.5. The monoisotopic (exact) mass is 1020 g/mol. The van der Waals surface area contributed by atoms with Crippen LogP contribution in [0, 0.1) is 6.92 Å². The number of aryl methyl sites for hydroxylation is 1. The van der Waals surface area contributed by atoms with E-state index in [4.69, 9.17) is 31.9 Å². The van der Waals surface area contributed by atoms with Gasteiger partial charge in [0.15, 0.2) is 27.9 Å². The summed E-state index contributed by atoms with van der Waals surface area (Å²) in [6.45, 7) is 1.48. The van der Waals surface area contributed by atoms with Crippen LogP contribution in [0.4, 0.5) is 56.9 Å². The number of hydrogen-bond acceptors (Lipinski definition) is 25. The molecule has 25 nitrogen and oxygen atoms in total. The lowest BCUT2D eigenvalue weighted by molar-refractivity contribution is -0.434. The Morgan fingerprint density at radius 3 is 1.84 bits per heavy atom. The van der Waals surface area contributed by atoms with Crippen LogP contribution in [0.3, 0.4) is 0 Å². The molecule has 0 heterocycles. The molecule has 0 saturated carbocycles. The third-order valence-electron chi connectivity index (χ3n) is 8.97. The van der Waals surface area contributed by atoms with Gasteiger partial charge >= 0.3 is 0 Å². The van der Waals surface area contributed by atoms with Gasteiger partial charge in [-0.2, -0.15) is 23.8 Å². The summed E-state index contributed by atoms with van der Waals surface area (Å²) in [6.07, 6.45) is 0. The lowest BCUT2D eigenvalue weighted by Gasteiger charge is -2.14. The molecule has 0 amide bonds. The van der Waals surface area contributed by atoms with Crippen LogP contribution in [0.2, 0.25) is 0 Å². The number of hydrogen-bond donors (Lipinski definition) is 8. The molecule has 30 heteroatoms. The van der Waals surface area contributed by atoms with Crippen molar-refractivity contribution in [1.29, 1.82) is 0 Å². The summed E-state index contributed by atoms with van der Waals surface area (Å²) in [5, 5.41) is 59.3. The fourth-order valence-electron chi connectivity index (χ4n) is 5.71. The molecule has 352 valence electrons. The fourth-order valence-corrected chi connectivity index (χ4v) is 9.35. The number of rotatable bonds is 20. The second-order valence-corrected chi connectivity index (χ2v) is 19.8. The van der Waals surface area contributed by atoms with E-state index < -0.39 is 52.1 Å². The highest BCUT2D eigenvalue weighted by Crippen LogP contribution is 2.49. The quantitative estimate of drug-likeness (QED) is 0.00671. The molecule has 11 N–H and O–H groups in total. The largest absolute Gasteiger partial charge is 0.505 e. The van der Waals surface area contributed by atoms with Crippen molar-refractivity contribution in [3.63, 3.8) is 0 Å². The summed E-state index contributed by atoms with van der Waals surface area (Å²) >= 11 is 0.555. The standard InChI is InChI=1S/C37H34N10O15S5/c1-20-16-30(29(39)19-28(20)38)44-41-22-2-4-25(5-3-22)47-66(53,54)27-12-8-24(9-13-27)43-46-36-32(67(55,56)57)18-21-17-31(63-61-59-49)35(34(40)33(21)37(36)48)45-42-23-6-10-26(11-7-23)65(51,52)15-14-58-64-62-60-50/h2-13,16-19,47-50H,14-15,38-40H2,1H3,(H,55,56,57)/b44-41+,45-42+,46-43+. The summed E-state index contributed by atoms with van der Waals surface area (Å²) in [5.74, 6) is -1.36. The Hall–Kier alpha value is -6.39. The number of sulfone groups is 1. The first-order valence-electron chi connectivity index (χ1n) is 18.3. The molecular weight excluding hydrogens is 985 g/mol. The third kappa shape index (κ3) is 12.5. The van der Waals surface area contributed by atoms with Gasteiger partial charge in [0.1, 0.15) is 22.0 Å². The van der Waals surface area contributed by atoms with Crippen molar-refractivity contribution >= 4 is 122 Å². The summed E-state index contributed by atoms with van der Waals surface area (Å²) in [4.78, 5) is -1.28. The number of nitrogens with one attached hydrogen (secondary N) is 1. The molecule has 0 aromatic heterocycles. The summed E-state index contributed by atoms with van der Waals surface area (Å²) < 4.78 is 103. The molecule has 0 unspecified atom stereocenters. The predicted octanol–water partition coefficient (Wildman–Crippen LogP) is 9.10. The maximum absolute atomic E-state index is 13.2. The minimum absolute atomic E-state index is 0.0179. The Kier molecular flexibility index (Phi) is 16.0. The highest BCUT2D eigenvalue weighted by molar-refractivity contribution is 7.94. The molecular formula is C37H34N10O15S5. The van der Waals surface area contributed by atoms with E-state index in [1.54, 1.807) is 19.1 Å². The molecule has 67 heavy (non-hydrogen) atoms. The third-order valence-corrected chi connectivity index (χ3v) is 13.9. The molecule has 6 aromatic carbocycles. The van der Waals surface area contributed by atoms with Gasteiger partial charge in [-0.25, -0.2) is 27.4 Å². The Balaban J connectivity index is 1.24. The molecule has 0 aliphatic carbocycles. The normalized spacial score (nSPS) is 12.5. The van der Waals surface area contributed by atoms with Crippen LogP contribution in [0.1, 0.15) is 5.56 Å². The topological polar surface area (TPSA) is 394 Å². The van der Waals surface area contributed by atoms with E-state index in [1.165, 1.54) is 78.9 Å². The van der Waals surface area contributed by atoms with Crippen LogP contribution in [0.15, 0.2) is 147 Å². The maximum Gasteiger partial charge on any atom is 0.296 e. The van der Waals surface area contributed by atoms with Gasteiger partial charge in [0.05, 0.1) is 72.9 Å².